The number of rotatable bonds is 4. The number of hydrogen-bond donors (Lipinski definition) is 1. The first-order valence-corrected chi connectivity index (χ1v) is 8.15. The van der Waals surface area contributed by atoms with Gasteiger partial charge in [0.25, 0.3) is 5.91 Å². The van der Waals surface area contributed by atoms with Crippen molar-refractivity contribution in [2.75, 3.05) is 25.9 Å². The minimum absolute atomic E-state index is 0.0117. The molecule has 0 aliphatic carbocycles. The number of hydrogen-bond acceptors (Lipinski definition) is 3. The summed E-state index contributed by atoms with van der Waals surface area (Å²) >= 11 is 1.54. The molecule has 1 aliphatic heterocycles. The molecule has 110 valence electrons. The number of thioether (sulfide) groups is 1. The Kier molecular flexibility index (Phi) is 4.70. The smallest absolute Gasteiger partial charge is 0.253 e. The van der Waals surface area contributed by atoms with E-state index < -0.39 is 0 Å². The quantitative estimate of drug-likeness (QED) is 0.928. The van der Waals surface area contributed by atoms with Gasteiger partial charge in [-0.05, 0) is 48.4 Å². The molecule has 2 N–H and O–H groups in total. The molecule has 2 rings (SSSR count). The summed E-state index contributed by atoms with van der Waals surface area (Å²) in [6.45, 7) is 4.08. The van der Waals surface area contributed by atoms with Gasteiger partial charge in [0.05, 0.1) is 0 Å². The van der Waals surface area contributed by atoms with E-state index in [2.05, 4.69) is 6.92 Å². The Labute approximate surface area is 123 Å². The highest BCUT2D eigenvalue weighted by Gasteiger charge is 2.35. The molecule has 3 nitrogen and oxygen atoms in total. The fourth-order valence-electron chi connectivity index (χ4n) is 2.52. The van der Waals surface area contributed by atoms with Crippen LogP contribution in [0.4, 0.5) is 4.39 Å². The highest BCUT2D eigenvalue weighted by molar-refractivity contribution is 7.97. The minimum Gasteiger partial charge on any atom is -0.338 e. The molecule has 1 heterocycles. The number of halogens is 1. The molecule has 5 heteroatoms. The molecular weight excluding hydrogens is 275 g/mol. The van der Waals surface area contributed by atoms with Crippen LogP contribution >= 0.6 is 11.8 Å². The van der Waals surface area contributed by atoms with Crippen LogP contribution < -0.4 is 5.73 Å². The van der Waals surface area contributed by atoms with Crippen LogP contribution in [0.1, 0.15) is 29.3 Å². The van der Waals surface area contributed by atoms with Gasteiger partial charge in [0.15, 0.2) is 0 Å². The van der Waals surface area contributed by atoms with Gasteiger partial charge in [-0.25, -0.2) is 4.39 Å². The van der Waals surface area contributed by atoms with Gasteiger partial charge >= 0.3 is 0 Å². The van der Waals surface area contributed by atoms with Gasteiger partial charge in [-0.1, -0.05) is 6.92 Å². The standard InChI is InChI=1S/C15H21FN2OS/c1-15(9-17)5-6-18(10-15)14(19)11-3-4-13(16)12(7-11)8-20-2/h3-4,7H,5-6,8-10,17H2,1-2H3. The Morgan fingerprint density at radius 1 is 1.55 bits per heavy atom. The lowest BCUT2D eigenvalue weighted by Crippen LogP contribution is -2.34. The first-order valence-electron chi connectivity index (χ1n) is 6.76. The van der Waals surface area contributed by atoms with Crippen LogP contribution in [0.15, 0.2) is 18.2 Å². The van der Waals surface area contributed by atoms with Crippen molar-refractivity contribution >= 4 is 17.7 Å². The Morgan fingerprint density at radius 3 is 2.90 bits per heavy atom. The van der Waals surface area contributed by atoms with E-state index in [1.807, 2.05) is 11.2 Å². The third-order valence-electron chi connectivity index (χ3n) is 3.93. The van der Waals surface area contributed by atoms with Crippen LogP contribution in [0.5, 0.6) is 0 Å². The Bertz CT molecular complexity index is 509. The Morgan fingerprint density at radius 2 is 2.30 bits per heavy atom. The zero-order valence-electron chi connectivity index (χ0n) is 12.0. The van der Waals surface area contributed by atoms with E-state index in [9.17, 15) is 9.18 Å². The van der Waals surface area contributed by atoms with E-state index in [1.54, 1.807) is 23.9 Å². The lowest BCUT2D eigenvalue weighted by atomic mass is 9.90. The van der Waals surface area contributed by atoms with Gasteiger partial charge in [-0.15, -0.1) is 0 Å². The number of amides is 1. The van der Waals surface area contributed by atoms with E-state index in [-0.39, 0.29) is 17.1 Å². The molecule has 0 bridgehead atoms. The van der Waals surface area contributed by atoms with E-state index in [0.717, 1.165) is 13.0 Å². The van der Waals surface area contributed by atoms with Crippen molar-refractivity contribution in [2.45, 2.75) is 19.1 Å². The molecule has 20 heavy (non-hydrogen) atoms. The summed E-state index contributed by atoms with van der Waals surface area (Å²) in [5, 5.41) is 0. The van der Waals surface area contributed by atoms with Crippen LogP contribution in [-0.2, 0) is 5.75 Å². The summed E-state index contributed by atoms with van der Waals surface area (Å²) in [5.74, 6) is 0.307. The van der Waals surface area contributed by atoms with Crippen LogP contribution in [0.2, 0.25) is 0 Å². The van der Waals surface area contributed by atoms with Crippen molar-refractivity contribution in [3.05, 3.63) is 35.1 Å². The molecule has 1 aliphatic rings. The summed E-state index contributed by atoms with van der Waals surface area (Å²) in [4.78, 5) is 14.3. The molecule has 1 saturated heterocycles. The lowest BCUT2D eigenvalue weighted by Gasteiger charge is -2.22. The minimum atomic E-state index is -0.246. The SMILES string of the molecule is CSCc1cc(C(=O)N2CCC(C)(CN)C2)ccc1F. The zero-order chi connectivity index (χ0) is 14.8. The number of carbonyl (C=O) groups excluding carboxylic acids is 1. The monoisotopic (exact) mass is 296 g/mol. The summed E-state index contributed by atoms with van der Waals surface area (Å²) in [6.07, 6.45) is 2.84. The summed E-state index contributed by atoms with van der Waals surface area (Å²) in [7, 11) is 0. The molecule has 0 saturated carbocycles. The van der Waals surface area contributed by atoms with E-state index in [1.165, 1.54) is 6.07 Å². The highest BCUT2D eigenvalue weighted by atomic mass is 32.2. The van der Waals surface area contributed by atoms with Crippen molar-refractivity contribution in [1.29, 1.82) is 0 Å². The molecule has 0 spiro atoms. The van der Waals surface area contributed by atoms with Gasteiger partial charge in [0.2, 0.25) is 0 Å². The molecule has 0 radical (unpaired) electrons. The normalized spacial score (nSPS) is 22.3. The molecule has 1 amide bonds. The fraction of sp³-hybridized carbons (Fsp3) is 0.533. The predicted octanol–water partition coefficient (Wildman–Crippen LogP) is 2.50. The number of carbonyl (C=O) groups is 1. The van der Waals surface area contributed by atoms with Crippen molar-refractivity contribution in [3.63, 3.8) is 0 Å². The largest absolute Gasteiger partial charge is 0.338 e. The fourth-order valence-corrected chi connectivity index (χ4v) is 3.05. The summed E-state index contributed by atoms with van der Waals surface area (Å²) in [6, 6.07) is 4.63. The first-order chi connectivity index (χ1) is 9.49. The highest BCUT2D eigenvalue weighted by Crippen LogP contribution is 2.29. The van der Waals surface area contributed by atoms with Crippen LogP contribution in [-0.4, -0.2) is 36.7 Å². The molecule has 1 aromatic carbocycles. The zero-order valence-corrected chi connectivity index (χ0v) is 12.8. The van der Waals surface area contributed by atoms with Crippen molar-refractivity contribution in [2.24, 2.45) is 11.1 Å². The number of nitrogens with two attached hydrogens (primary N) is 1. The maximum absolute atomic E-state index is 13.6. The predicted molar refractivity (Wildman–Crippen MR) is 81.3 cm³/mol. The number of likely N-dealkylation sites (tertiary alicyclic amines) is 1. The van der Waals surface area contributed by atoms with E-state index >= 15 is 0 Å². The van der Waals surface area contributed by atoms with Gasteiger partial charge < -0.3 is 10.6 Å². The molecule has 1 unspecified atom stereocenters. The molecule has 1 fully saturated rings. The number of benzene rings is 1. The summed E-state index contributed by atoms with van der Waals surface area (Å²) in [5.41, 5.74) is 6.93. The average Bonchev–Trinajstić information content (AvgIpc) is 2.84. The van der Waals surface area contributed by atoms with Crippen LogP contribution in [0.25, 0.3) is 0 Å². The third kappa shape index (κ3) is 3.15. The van der Waals surface area contributed by atoms with Crippen LogP contribution in [0, 0.1) is 11.2 Å². The second-order valence-electron chi connectivity index (χ2n) is 5.73. The third-order valence-corrected chi connectivity index (χ3v) is 4.53. The second-order valence-corrected chi connectivity index (χ2v) is 6.60. The number of nitrogens with zero attached hydrogens (tertiary/aromatic N) is 1. The second kappa shape index (κ2) is 6.14. The Hall–Kier alpha value is -1.07. The van der Waals surface area contributed by atoms with Crippen molar-refractivity contribution in [1.82, 2.24) is 4.90 Å². The van der Waals surface area contributed by atoms with E-state index in [0.29, 0.717) is 30.0 Å². The van der Waals surface area contributed by atoms with Gasteiger partial charge in [0.1, 0.15) is 5.82 Å². The molecular formula is C15H21FN2OS. The maximum atomic E-state index is 13.6. The van der Waals surface area contributed by atoms with Gasteiger partial charge in [0, 0.05) is 24.4 Å². The average molecular weight is 296 g/mol. The molecule has 1 aromatic rings. The van der Waals surface area contributed by atoms with Crippen molar-refractivity contribution in [3.8, 4) is 0 Å². The topological polar surface area (TPSA) is 46.3 Å². The van der Waals surface area contributed by atoms with Crippen LogP contribution in [0.3, 0.4) is 0 Å². The summed E-state index contributed by atoms with van der Waals surface area (Å²) < 4.78 is 13.6. The van der Waals surface area contributed by atoms with Gasteiger partial charge in [-0.2, -0.15) is 11.8 Å². The molecule has 0 aromatic heterocycles. The first kappa shape index (κ1) is 15.3. The maximum Gasteiger partial charge on any atom is 0.253 e. The van der Waals surface area contributed by atoms with Crippen molar-refractivity contribution < 1.29 is 9.18 Å². The lowest BCUT2D eigenvalue weighted by molar-refractivity contribution is 0.0776. The Balaban J connectivity index is 2.16. The van der Waals surface area contributed by atoms with E-state index in [4.69, 9.17) is 5.73 Å². The van der Waals surface area contributed by atoms with Gasteiger partial charge in [-0.3, -0.25) is 4.79 Å². The molecule has 1 atom stereocenters.